The molecule has 0 aliphatic rings. The SMILES string of the molecule is CCc1nnc(NC(=O)c2ncccc2F)s1. The van der Waals surface area contributed by atoms with Crippen LogP contribution in [0.3, 0.4) is 0 Å². The van der Waals surface area contributed by atoms with E-state index in [4.69, 9.17) is 0 Å². The maximum atomic E-state index is 13.3. The Morgan fingerprint density at radius 1 is 1.53 bits per heavy atom. The number of halogens is 1. The van der Waals surface area contributed by atoms with Crippen LogP contribution < -0.4 is 5.32 Å². The minimum atomic E-state index is -0.662. The summed E-state index contributed by atoms with van der Waals surface area (Å²) in [5.74, 6) is -1.29. The van der Waals surface area contributed by atoms with E-state index in [9.17, 15) is 9.18 Å². The van der Waals surface area contributed by atoms with Crippen molar-refractivity contribution in [3.8, 4) is 0 Å². The standard InChI is InChI=1S/C10H9FN4OS/c1-2-7-14-15-10(17-7)13-9(16)8-6(11)4-3-5-12-8/h3-5H,2H2,1H3,(H,13,15,16). The molecule has 2 heterocycles. The van der Waals surface area contributed by atoms with Crippen molar-refractivity contribution < 1.29 is 9.18 Å². The summed E-state index contributed by atoms with van der Waals surface area (Å²) in [4.78, 5) is 15.3. The van der Waals surface area contributed by atoms with E-state index < -0.39 is 11.7 Å². The third kappa shape index (κ3) is 2.62. The molecule has 2 aromatic rings. The largest absolute Gasteiger partial charge is 0.295 e. The van der Waals surface area contributed by atoms with Crippen LogP contribution in [0.25, 0.3) is 0 Å². The lowest BCUT2D eigenvalue weighted by Gasteiger charge is -2.00. The zero-order valence-corrected chi connectivity index (χ0v) is 9.79. The van der Waals surface area contributed by atoms with Crippen molar-refractivity contribution in [3.63, 3.8) is 0 Å². The molecule has 0 saturated heterocycles. The van der Waals surface area contributed by atoms with Gasteiger partial charge in [0.25, 0.3) is 5.91 Å². The van der Waals surface area contributed by atoms with E-state index in [0.29, 0.717) is 5.13 Å². The fourth-order valence-corrected chi connectivity index (χ4v) is 1.83. The predicted octanol–water partition coefficient (Wildman–Crippen LogP) is 1.89. The highest BCUT2D eigenvalue weighted by Gasteiger charge is 2.14. The number of hydrogen-bond donors (Lipinski definition) is 1. The number of carbonyl (C=O) groups excluding carboxylic acids is 1. The molecule has 0 aliphatic carbocycles. The zero-order valence-electron chi connectivity index (χ0n) is 8.98. The molecule has 0 saturated carbocycles. The van der Waals surface area contributed by atoms with Crippen molar-refractivity contribution in [3.05, 3.63) is 34.8 Å². The molecule has 7 heteroatoms. The molecule has 0 spiro atoms. The van der Waals surface area contributed by atoms with Crippen molar-refractivity contribution in [2.24, 2.45) is 0 Å². The third-order valence-corrected chi connectivity index (χ3v) is 2.95. The number of aryl methyl sites for hydroxylation is 1. The maximum Gasteiger partial charge on any atom is 0.279 e. The average molecular weight is 252 g/mol. The first-order chi connectivity index (χ1) is 8.20. The lowest BCUT2D eigenvalue weighted by Crippen LogP contribution is -2.15. The van der Waals surface area contributed by atoms with Gasteiger partial charge in [0, 0.05) is 6.20 Å². The van der Waals surface area contributed by atoms with Crippen LogP contribution in [0.15, 0.2) is 18.3 Å². The topological polar surface area (TPSA) is 67.8 Å². The Labute approximate surface area is 101 Å². The first-order valence-corrected chi connectivity index (χ1v) is 5.76. The van der Waals surface area contributed by atoms with Gasteiger partial charge < -0.3 is 0 Å². The Bertz CT molecular complexity index is 543. The number of amides is 1. The second-order valence-corrected chi connectivity index (χ2v) is 4.20. The van der Waals surface area contributed by atoms with Gasteiger partial charge in [-0.05, 0) is 18.6 Å². The molecule has 0 aromatic carbocycles. The fraction of sp³-hybridized carbons (Fsp3) is 0.200. The average Bonchev–Trinajstić information content (AvgIpc) is 2.77. The smallest absolute Gasteiger partial charge is 0.279 e. The number of anilines is 1. The maximum absolute atomic E-state index is 13.3. The summed E-state index contributed by atoms with van der Waals surface area (Å²) in [6, 6.07) is 2.60. The van der Waals surface area contributed by atoms with Crippen molar-refractivity contribution in [2.45, 2.75) is 13.3 Å². The van der Waals surface area contributed by atoms with E-state index in [2.05, 4.69) is 20.5 Å². The first-order valence-electron chi connectivity index (χ1n) is 4.95. The van der Waals surface area contributed by atoms with Crippen LogP contribution in [-0.2, 0) is 6.42 Å². The lowest BCUT2D eigenvalue weighted by molar-refractivity contribution is 0.101. The molecule has 88 valence electrons. The van der Waals surface area contributed by atoms with Gasteiger partial charge in [-0.15, -0.1) is 10.2 Å². The van der Waals surface area contributed by atoms with Crippen molar-refractivity contribution >= 4 is 22.4 Å². The Morgan fingerprint density at radius 2 is 2.35 bits per heavy atom. The predicted molar refractivity (Wildman–Crippen MR) is 61.4 cm³/mol. The third-order valence-electron chi connectivity index (χ3n) is 1.96. The lowest BCUT2D eigenvalue weighted by atomic mass is 10.3. The van der Waals surface area contributed by atoms with E-state index in [1.54, 1.807) is 0 Å². The summed E-state index contributed by atoms with van der Waals surface area (Å²) >= 11 is 1.26. The Kier molecular flexibility index (Phi) is 3.38. The highest BCUT2D eigenvalue weighted by atomic mass is 32.1. The number of aromatic nitrogens is 3. The van der Waals surface area contributed by atoms with Gasteiger partial charge in [0.2, 0.25) is 5.13 Å². The molecule has 0 fully saturated rings. The van der Waals surface area contributed by atoms with Crippen LogP contribution >= 0.6 is 11.3 Å². The minimum absolute atomic E-state index is 0.249. The molecule has 0 radical (unpaired) electrons. The van der Waals surface area contributed by atoms with Gasteiger partial charge >= 0.3 is 0 Å². The first kappa shape index (κ1) is 11.6. The molecular formula is C10H9FN4OS. The van der Waals surface area contributed by atoms with Crippen molar-refractivity contribution in [1.29, 1.82) is 0 Å². The Hall–Kier alpha value is -1.89. The van der Waals surface area contributed by atoms with Gasteiger partial charge in [-0.25, -0.2) is 9.37 Å². The second kappa shape index (κ2) is 4.96. The van der Waals surface area contributed by atoms with E-state index in [-0.39, 0.29) is 5.69 Å². The van der Waals surface area contributed by atoms with Crippen molar-refractivity contribution in [1.82, 2.24) is 15.2 Å². The quantitative estimate of drug-likeness (QED) is 0.905. The monoisotopic (exact) mass is 252 g/mol. The van der Waals surface area contributed by atoms with Crippen LogP contribution in [0, 0.1) is 5.82 Å². The molecule has 0 aliphatic heterocycles. The van der Waals surface area contributed by atoms with Crippen LogP contribution in [0.5, 0.6) is 0 Å². The van der Waals surface area contributed by atoms with Gasteiger partial charge in [0.05, 0.1) is 0 Å². The normalized spacial score (nSPS) is 10.2. The van der Waals surface area contributed by atoms with Crippen LogP contribution in [0.2, 0.25) is 0 Å². The Morgan fingerprint density at radius 3 is 3.00 bits per heavy atom. The fourth-order valence-electron chi connectivity index (χ4n) is 1.16. The Balaban J connectivity index is 2.14. The summed E-state index contributed by atoms with van der Waals surface area (Å²) in [6.45, 7) is 1.94. The number of hydrogen-bond acceptors (Lipinski definition) is 5. The molecule has 1 N–H and O–H groups in total. The van der Waals surface area contributed by atoms with E-state index in [1.807, 2.05) is 6.92 Å². The molecule has 0 unspecified atom stereocenters. The number of rotatable bonds is 3. The summed E-state index contributed by atoms with van der Waals surface area (Å²) in [5, 5.41) is 11.2. The summed E-state index contributed by atoms with van der Waals surface area (Å²) in [5.41, 5.74) is -0.249. The van der Waals surface area contributed by atoms with E-state index >= 15 is 0 Å². The number of carbonyl (C=O) groups is 1. The number of nitrogens with zero attached hydrogens (tertiary/aromatic N) is 3. The molecule has 5 nitrogen and oxygen atoms in total. The zero-order chi connectivity index (χ0) is 12.3. The van der Waals surface area contributed by atoms with Gasteiger partial charge in [-0.3, -0.25) is 10.1 Å². The molecule has 2 aromatic heterocycles. The second-order valence-electron chi connectivity index (χ2n) is 3.14. The van der Waals surface area contributed by atoms with Crippen LogP contribution in [0.1, 0.15) is 22.4 Å². The van der Waals surface area contributed by atoms with Gasteiger partial charge in [0.15, 0.2) is 11.5 Å². The molecule has 17 heavy (non-hydrogen) atoms. The molecule has 0 bridgehead atoms. The molecule has 1 amide bonds. The summed E-state index contributed by atoms with van der Waals surface area (Å²) < 4.78 is 13.3. The minimum Gasteiger partial charge on any atom is -0.295 e. The van der Waals surface area contributed by atoms with E-state index in [1.165, 1.54) is 29.7 Å². The summed E-state index contributed by atoms with van der Waals surface area (Å²) in [7, 11) is 0. The van der Waals surface area contributed by atoms with Crippen LogP contribution in [0.4, 0.5) is 9.52 Å². The van der Waals surface area contributed by atoms with Gasteiger partial charge in [0.1, 0.15) is 5.01 Å². The highest BCUT2D eigenvalue weighted by Crippen LogP contribution is 2.16. The van der Waals surface area contributed by atoms with Crippen LogP contribution in [-0.4, -0.2) is 21.1 Å². The van der Waals surface area contributed by atoms with E-state index in [0.717, 1.165) is 11.4 Å². The molecule has 0 atom stereocenters. The highest BCUT2D eigenvalue weighted by molar-refractivity contribution is 7.15. The van der Waals surface area contributed by atoms with Crippen molar-refractivity contribution in [2.75, 3.05) is 5.32 Å². The number of pyridine rings is 1. The van der Waals surface area contributed by atoms with Gasteiger partial charge in [-0.2, -0.15) is 0 Å². The summed E-state index contributed by atoms with van der Waals surface area (Å²) in [6.07, 6.45) is 2.10. The molecule has 2 rings (SSSR count). The molecular weight excluding hydrogens is 243 g/mol. The number of nitrogens with one attached hydrogen (secondary N) is 1. The van der Waals surface area contributed by atoms with Gasteiger partial charge in [-0.1, -0.05) is 18.3 Å².